The molecule has 2 aliphatic heterocycles. The van der Waals surface area contributed by atoms with Crippen molar-refractivity contribution in [1.29, 1.82) is 0 Å². The zero-order chi connectivity index (χ0) is 10.9. The van der Waals surface area contributed by atoms with E-state index in [1.165, 1.54) is 7.11 Å². The second kappa shape index (κ2) is 4.10. The lowest BCUT2D eigenvalue weighted by atomic mass is 9.70. The number of piperidine rings is 1. The summed E-state index contributed by atoms with van der Waals surface area (Å²) in [5.74, 6) is -0.00120. The SMILES string of the molecule is COC(=O)C1CNCCC12CCN(C)C2. The lowest BCUT2D eigenvalue weighted by Gasteiger charge is -2.39. The van der Waals surface area contributed by atoms with Gasteiger partial charge < -0.3 is 15.0 Å². The van der Waals surface area contributed by atoms with Crippen LogP contribution in [-0.4, -0.2) is 51.2 Å². The molecule has 0 aromatic carbocycles. The summed E-state index contributed by atoms with van der Waals surface area (Å²) in [7, 11) is 3.62. The highest BCUT2D eigenvalue weighted by atomic mass is 16.5. The average Bonchev–Trinajstić information content (AvgIpc) is 2.60. The summed E-state index contributed by atoms with van der Waals surface area (Å²) in [6, 6.07) is 0. The smallest absolute Gasteiger partial charge is 0.310 e. The van der Waals surface area contributed by atoms with Crippen LogP contribution in [0.1, 0.15) is 12.8 Å². The van der Waals surface area contributed by atoms with Gasteiger partial charge >= 0.3 is 5.97 Å². The van der Waals surface area contributed by atoms with Crippen LogP contribution in [0.4, 0.5) is 0 Å². The molecule has 0 aliphatic carbocycles. The molecular formula is C11H20N2O2. The summed E-state index contributed by atoms with van der Waals surface area (Å²) < 4.78 is 4.91. The van der Waals surface area contributed by atoms with Crippen LogP contribution in [0, 0.1) is 11.3 Å². The van der Waals surface area contributed by atoms with Crippen molar-refractivity contribution >= 4 is 5.97 Å². The van der Waals surface area contributed by atoms with E-state index >= 15 is 0 Å². The Morgan fingerprint density at radius 2 is 2.33 bits per heavy atom. The number of ether oxygens (including phenoxy) is 1. The summed E-state index contributed by atoms with van der Waals surface area (Å²) in [5, 5.41) is 3.30. The van der Waals surface area contributed by atoms with Crippen LogP contribution in [0.2, 0.25) is 0 Å². The van der Waals surface area contributed by atoms with E-state index in [0.29, 0.717) is 0 Å². The Kier molecular flexibility index (Phi) is 2.98. The van der Waals surface area contributed by atoms with Crippen LogP contribution in [0.3, 0.4) is 0 Å². The minimum atomic E-state index is -0.0440. The Hall–Kier alpha value is -0.610. The van der Waals surface area contributed by atoms with E-state index in [4.69, 9.17) is 4.74 Å². The summed E-state index contributed by atoms with van der Waals surface area (Å²) in [5.41, 5.74) is 0.174. The lowest BCUT2D eigenvalue weighted by molar-refractivity contribution is -0.151. The maximum Gasteiger partial charge on any atom is 0.310 e. The first-order valence-corrected chi connectivity index (χ1v) is 5.65. The third-order valence-electron chi connectivity index (χ3n) is 3.95. The summed E-state index contributed by atoms with van der Waals surface area (Å²) in [6.45, 7) is 3.95. The molecule has 4 nitrogen and oxygen atoms in total. The van der Waals surface area contributed by atoms with Crippen LogP contribution in [-0.2, 0) is 9.53 Å². The first-order valence-electron chi connectivity index (χ1n) is 5.65. The van der Waals surface area contributed by atoms with Gasteiger partial charge in [-0.1, -0.05) is 0 Å². The van der Waals surface area contributed by atoms with Gasteiger partial charge in [0.25, 0.3) is 0 Å². The summed E-state index contributed by atoms with van der Waals surface area (Å²) in [6.07, 6.45) is 2.22. The molecule has 0 radical (unpaired) electrons. The first-order chi connectivity index (χ1) is 7.18. The topological polar surface area (TPSA) is 41.6 Å². The molecule has 2 unspecified atom stereocenters. The fraction of sp³-hybridized carbons (Fsp3) is 0.909. The van der Waals surface area contributed by atoms with Gasteiger partial charge in [0.1, 0.15) is 0 Å². The first kappa shape index (κ1) is 10.9. The second-order valence-electron chi connectivity index (χ2n) is 4.88. The van der Waals surface area contributed by atoms with Gasteiger partial charge in [0, 0.05) is 13.1 Å². The Balaban J connectivity index is 2.15. The molecule has 4 heteroatoms. The van der Waals surface area contributed by atoms with E-state index in [2.05, 4.69) is 17.3 Å². The highest BCUT2D eigenvalue weighted by Crippen LogP contribution is 2.42. The van der Waals surface area contributed by atoms with Crippen molar-refractivity contribution in [2.24, 2.45) is 11.3 Å². The molecule has 2 heterocycles. The van der Waals surface area contributed by atoms with E-state index in [1.807, 2.05) is 0 Å². The predicted molar refractivity (Wildman–Crippen MR) is 57.5 cm³/mol. The van der Waals surface area contributed by atoms with Crippen LogP contribution in [0.5, 0.6) is 0 Å². The number of carbonyl (C=O) groups excluding carboxylic acids is 1. The van der Waals surface area contributed by atoms with Crippen LogP contribution in [0.25, 0.3) is 0 Å². The summed E-state index contributed by atoms with van der Waals surface area (Å²) >= 11 is 0. The standard InChI is InChI=1S/C11H20N2O2/c1-13-6-4-11(8-13)3-5-12-7-9(11)10(14)15-2/h9,12H,3-8H2,1-2H3. The van der Waals surface area contributed by atoms with E-state index in [9.17, 15) is 4.79 Å². The zero-order valence-corrected chi connectivity index (χ0v) is 9.58. The monoisotopic (exact) mass is 212 g/mol. The molecule has 0 aromatic heterocycles. The third-order valence-corrected chi connectivity index (χ3v) is 3.95. The Morgan fingerprint density at radius 3 is 2.93 bits per heavy atom. The summed E-state index contributed by atoms with van der Waals surface area (Å²) in [4.78, 5) is 14.1. The van der Waals surface area contributed by atoms with Gasteiger partial charge in [-0.15, -0.1) is 0 Å². The predicted octanol–water partition coefficient (Wildman–Crippen LogP) is 0.0908. The molecular weight excluding hydrogens is 192 g/mol. The van der Waals surface area contributed by atoms with Crippen molar-refractivity contribution in [3.8, 4) is 0 Å². The van der Waals surface area contributed by atoms with Gasteiger partial charge in [-0.25, -0.2) is 0 Å². The van der Waals surface area contributed by atoms with Gasteiger partial charge in [0.15, 0.2) is 0 Å². The third kappa shape index (κ3) is 1.88. The Labute approximate surface area is 91.0 Å². The number of esters is 1. The number of rotatable bonds is 1. The quantitative estimate of drug-likeness (QED) is 0.626. The molecule has 0 saturated carbocycles. The normalized spacial score (nSPS) is 37.1. The van der Waals surface area contributed by atoms with Gasteiger partial charge in [0.2, 0.25) is 0 Å². The molecule has 86 valence electrons. The van der Waals surface area contributed by atoms with Crippen molar-refractivity contribution in [3.63, 3.8) is 0 Å². The van der Waals surface area contributed by atoms with Crippen LogP contribution >= 0.6 is 0 Å². The Morgan fingerprint density at radius 1 is 1.53 bits per heavy atom. The van der Waals surface area contributed by atoms with Crippen molar-refractivity contribution < 1.29 is 9.53 Å². The zero-order valence-electron chi connectivity index (χ0n) is 9.58. The number of hydrogen-bond acceptors (Lipinski definition) is 4. The molecule has 15 heavy (non-hydrogen) atoms. The molecule has 2 saturated heterocycles. The molecule has 1 N–H and O–H groups in total. The minimum absolute atomic E-state index is 0.0428. The van der Waals surface area contributed by atoms with E-state index in [-0.39, 0.29) is 17.3 Å². The lowest BCUT2D eigenvalue weighted by Crippen LogP contribution is -2.50. The van der Waals surface area contributed by atoms with E-state index in [0.717, 1.165) is 39.0 Å². The maximum atomic E-state index is 11.8. The van der Waals surface area contributed by atoms with Gasteiger partial charge in [-0.05, 0) is 38.4 Å². The van der Waals surface area contributed by atoms with Crippen molar-refractivity contribution in [2.75, 3.05) is 40.3 Å². The molecule has 2 fully saturated rings. The number of carbonyl (C=O) groups is 1. The molecule has 1 spiro atoms. The van der Waals surface area contributed by atoms with Crippen molar-refractivity contribution in [1.82, 2.24) is 10.2 Å². The Bertz CT molecular complexity index is 253. The molecule has 0 bridgehead atoms. The van der Waals surface area contributed by atoms with Gasteiger partial charge in [-0.2, -0.15) is 0 Å². The van der Waals surface area contributed by atoms with E-state index < -0.39 is 0 Å². The highest BCUT2D eigenvalue weighted by Gasteiger charge is 2.48. The minimum Gasteiger partial charge on any atom is -0.469 e. The number of methoxy groups -OCH3 is 1. The fourth-order valence-electron chi connectivity index (χ4n) is 3.05. The molecule has 0 aromatic rings. The van der Waals surface area contributed by atoms with E-state index in [1.54, 1.807) is 0 Å². The average molecular weight is 212 g/mol. The van der Waals surface area contributed by atoms with Crippen molar-refractivity contribution in [3.05, 3.63) is 0 Å². The molecule has 2 aliphatic rings. The molecule has 2 atom stereocenters. The molecule has 0 amide bonds. The van der Waals surface area contributed by atoms with Crippen LogP contribution in [0.15, 0.2) is 0 Å². The number of nitrogens with zero attached hydrogens (tertiary/aromatic N) is 1. The number of nitrogens with one attached hydrogen (secondary N) is 1. The molecule has 2 rings (SSSR count). The van der Waals surface area contributed by atoms with Crippen molar-refractivity contribution in [2.45, 2.75) is 12.8 Å². The number of likely N-dealkylation sites (tertiary alicyclic amines) is 1. The van der Waals surface area contributed by atoms with Gasteiger partial charge in [0.05, 0.1) is 13.0 Å². The fourth-order valence-corrected chi connectivity index (χ4v) is 3.05. The number of hydrogen-bond donors (Lipinski definition) is 1. The van der Waals surface area contributed by atoms with Gasteiger partial charge in [-0.3, -0.25) is 4.79 Å². The maximum absolute atomic E-state index is 11.8. The van der Waals surface area contributed by atoms with Crippen LogP contribution < -0.4 is 5.32 Å². The highest BCUT2D eigenvalue weighted by molar-refractivity contribution is 5.74. The second-order valence-corrected chi connectivity index (χ2v) is 4.88. The largest absolute Gasteiger partial charge is 0.469 e.